The molecule has 0 aromatic heterocycles. The van der Waals surface area contributed by atoms with E-state index in [-0.39, 0.29) is 0 Å². The van der Waals surface area contributed by atoms with Crippen molar-refractivity contribution in [1.29, 1.82) is 0 Å². The zero-order chi connectivity index (χ0) is 9.26. The predicted octanol–water partition coefficient (Wildman–Crippen LogP) is 2.06. The van der Waals surface area contributed by atoms with Crippen LogP contribution >= 0.6 is 0 Å². The second-order valence-electron chi connectivity index (χ2n) is 3.64. The molecule has 0 radical (unpaired) electrons. The third-order valence-corrected chi connectivity index (χ3v) is 2.48. The summed E-state index contributed by atoms with van der Waals surface area (Å²) in [4.78, 5) is 0. The van der Waals surface area contributed by atoms with Gasteiger partial charge in [0.2, 0.25) is 0 Å². The second-order valence-corrected chi connectivity index (χ2v) is 3.64. The highest BCUT2D eigenvalue weighted by Gasteiger charge is 2.20. The molecule has 0 aliphatic carbocycles. The number of hydrazone groups is 1. The number of aryl methyl sites for hydroxylation is 1. The first kappa shape index (κ1) is 8.30. The van der Waals surface area contributed by atoms with Crippen LogP contribution < -0.4 is 5.43 Å². The molecule has 68 valence electrons. The molecule has 1 aromatic rings. The molecule has 13 heavy (non-hydrogen) atoms. The van der Waals surface area contributed by atoms with Crippen LogP contribution in [0, 0.1) is 6.92 Å². The van der Waals surface area contributed by atoms with Crippen molar-refractivity contribution in [1.82, 2.24) is 5.43 Å². The van der Waals surface area contributed by atoms with E-state index in [1.807, 2.05) is 6.21 Å². The van der Waals surface area contributed by atoms with Crippen molar-refractivity contribution in [2.45, 2.75) is 25.8 Å². The highest BCUT2D eigenvalue weighted by molar-refractivity contribution is 5.70. The van der Waals surface area contributed by atoms with E-state index in [1.165, 1.54) is 11.1 Å². The van der Waals surface area contributed by atoms with Gasteiger partial charge in [-0.25, -0.2) is 0 Å². The van der Waals surface area contributed by atoms with Crippen molar-refractivity contribution in [3.05, 3.63) is 35.4 Å². The van der Waals surface area contributed by atoms with Crippen molar-refractivity contribution in [3.63, 3.8) is 0 Å². The van der Waals surface area contributed by atoms with E-state index in [4.69, 9.17) is 0 Å². The van der Waals surface area contributed by atoms with E-state index in [9.17, 15) is 0 Å². The minimum absolute atomic E-state index is 0.418. The standard InChI is InChI=1S/C11H14N2/c1-8-4-3-5-10(6-8)11-7-12-13-9(11)2/h3-7,9,11,13H,1-2H3. The molecule has 1 aliphatic heterocycles. The number of rotatable bonds is 1. The lowest BCUT2D eigenvalue weighted by Gasteiger charge is -2.13. The van der Waals surface area contributed by atoms with E-state index < -0.39 is 0 Å². The number of hydrogen-bond donors (Lipinski definition) is 1. The van der Waals surface area contributed by atoms with E-state index in [1.54, 1.807) is 0 Å². The maximum Gasteiger partial charge on any atom is 0.0530 e. The Kier molecular flexibility index (Phi) is 2.05. The van der Waals surface area contributed by atoms with Crippen molar-refractivity contribution in [2.24, 2.45) is 5.10 Å². The molecule has 2 nitrogen and oxygen atoms in total. The van der Waals surface area contributed by atoms with E-state index in [0.717, 1.165) is 0 Å². The summed E-state index contributed by atoms with van der Waals surface area (Å²) in [5.41, 5.74) is 5.72. The van der Waals surface area contributed by atoms with Gasteiger partial charge in [0.25, 0.3) is 0 Å². The van der Waals surface area contributed by atoms with Crippen LogP contribution in [0.25, 0.3) is 0 Å². The molecule has 0 fully saturated rings. The largest absolute Gasteiger partial charge is 0.307 e. The van der Waals surface area contributed by atoms with Gasteiger partial charge >= 0.3 is 0 Å². The Hall–Kier alpha value is -1.31. The molecule has 0 bridgehead atoms. The lowest BCUT2D eigenvalue weighted by molar-refractivity contribution is 0.590. The Balaban J connectivity index is 2.29. The molecular weight excluding hydrogens is 160 g/mol. The molecule has 1 aromatic carbocycles. The van der Waals surface area contributed by atoms with Crippen LogP contribution in [-0.2, 0) is 0 Å². The summed E-state index contributed by atoms with van der Waals surface area (Å²) in [7, 11) is 0. The van der Waals surface area contributed by atoms with Gasteiger partial charge < -0.3 is 5.43 Å². The number of hydrogen-bond acceptors (Lipinski definition) is 2. The first-order chi connectivity index (χ1) is 6.27. The fraction of sp³-hybridized carbons (Fsp3) is 0.364. The molecule has 0 saturated carbocycles. The monoisotopic (exact) mass is 174 g/mol. The minimum atomic E-state index is 0.418. The summed E-state index contributed by atoms with van der Waals surface area (Å²) in [6.45, 7) is 4.27. The van der Waals surface area contributed by atoms with Gasteiger partial charge in [0.15, 0.2) is 0 Å². The zero-order valence-electron chi connectivity index (χ0n) is 7.99. The van der Waals surface area contributed by atoms with Gasteiger partial charge in [0.1, 0.15) is 0 Å². The van der Waals surface area contributed by atoms with Crippen molar-refractivity contribution in [3.8, 4) is 0 Å². The Morgan fingerprint density at radius 1 is 1.38 bits per heavy atom. The number of benzene rings is 1. The van der Waals surface area contributed by atoms with E-state index >= 15 is 0 Å². The molecule has 1 N–H and O–H groups in total. The van der Waals surface area contributed by atoms with Crippen molar-refractivity contribution < 1.29 is 0 Å². The molecule has 1 aliphatic rings. The van der Waals surface area contributed by atoms with Crippen molar-refractivity contribution >= 4 is 6.21 Å². The number of nitrogens with zero attached hydrogens (tertiary/aromatic N) is 1. The van der Waals surface area contributed by atoms with Gasteiger partial charge in [-0.3, -0.25) is 0 Å². The predicted molar refractivity (Wildman–Crippen MR) is 55.0 cm³/mol. The summed E-state index contributed by atoms with van der Waals surface area (Å²) in [6, 6.07) is 9.02. The minimum Gasteiger partial charge on any atom is -0.307 e. The van der Waals surface area contributed by atoms with Crippen LogP contribution in [0.4, 0.5) is 0 Å². The summed E-state index contributed by atoms with van der Waals surface area (Å²) in [5.74, 6) is 0.430. The number of nitrogens with one attached hydrogen (secondary N) is 1. The third-order valence-electron chi connectivity index (χ3n) is 2.48. The van der Waals surface area contributed by atoms with Crippen LogP contribution in [-0.4, -0.2) is 12.3 Å². The topological polar surface area (TPSA) is 24.4 Å². The van der Waals surface area contributed by atoms with E-state index in [0.29, 0.717) is 12.0 Å². The first-order valence-corrected chi connectivity index (χ1v) is 4.62. The Labute approximate surface area is 78.7 Å². The Bertz CT molecular complexity index is 331. The van der Waals surface area contributed by atoms with Gasteiger partial charge in [0.05, 0.1) is 6.04 Å². The van der Waals surface area contributed by atoms with Gasteiger partial charge in [-0.2, -0.15) is 5.10 Å². The van der Waals surface area contributed by atoms with Crippen LogP contribution in [0.1, 0.15) is 24.0 Å². The second kappa shape index (κ2) is 3.21. The normalized spacial score (nSPS) is 26.0. The van der Waals surface area contributed by atoms with Gasteiger partial charge in [-0.1, -0.05) is 29.8 Å². The average molecular weight is 174 g/mol. The zero-order valence-corrected chi connectivity index (χ0v) is 7.99. The molecule has 0 amide bonds. The smallest absolute Gasteiger partial charge is 0.0530 e. The van der Waals surface area contributed by atoms with Crippen LogP contribution in [0.3, 0.4) is 0 Å². The van der Waals surface area contributed by atoms with Crippen LogP contribution in [0.15, 0.2) is 29.4 Å². The highest BCUT2D eigenvalue weighted by atomic mass is 15.3. The SMILES string of the molecule is Cc1cccc(C2C=NNC2C)c1. The highest BCUT2D eigenvalue weighted by Crippen LogP contribution is 2.21. The molecule has 0 saturated heterocycles. The van der Waals surface area contributed by atoms with Gasteiger partial charge in [-0.15, -0.1) is 0 Å². The third kappa shape index (κ3) is 1.57. The van der Waals surface area contributed by atoms with Crippen molar-refractivity contribution in [2.75, 3.05) is 0 Å². The fourth-order valence-corrected chi connectivity index (χ4v) is 1.70. The molecule has 2 unspecified atom stereocenters. The molecule has 2 rings (SSSR count). The van der Waals surface area contributed by atoms with Crippen LogP contribution in [0.5, 0.6) is 0 Å². The fourth-order valence-electron chi connectivity index (χ4n) is 1.70. The first-order valence-electron chi connectivity index (χ1n) is 4.62. The Morgan fingerprint density at radius 3 is 2.85 bits per heavy atom. The molecule has 0 spiro atoms. The van der Waals surface area contributed by atoms with Gasteiger partial charge in [0, 0.05) is 12.1 Å². The summed E-state index contributed by atoms with van der Waals surface area (Å²) >= 11 is 0. The molecule has 1 heterocycles. The lowest BCUT2D eigenvalue weighted by Crippen LogP contribution is -2.21. The van der Waals surface area contributed by atoms with Gasteiger partial charge in [-0.05, 0) is 19.4 Å². The maximum atomic E-state index is 4.08. The summed E-state index contributed by atoms with van der Waals surface area (Å²) in [6.07, 6.45) is 1.99. The molecular formula is C11H14N2. The quantitative estimate of drug-likeness (QED) is 0.692. The molecule has 2 atom stereocenters. The summed E-state index contributed by atoms with van der Waals surface area (Å²) < 4.78 is 0. The lowest BCUT2D eigenvalue weighted by atomic mass is 9.94. The molecule has 2 heteroatoms. The average Bonchev–Trinajstić information content (AvgIpc) is 2.51. The summed E-state index contributed by atoms with van der Waals surface area (Å²) in [5, 5.41) is 4.08. The van der Waals surface area contributed by atoms with E-state index in [2.05, 4.69) is 48.6 Å². The Morgan fingerprint density at radius 2 is 2.23 bits per heavy atom. The maximum absolute atomic E-state index is 4.08. The van der Waals surface area contributed by atoms with Crippen LogP contribution in [0.2, 0.25) is 0 Å².